The van der Waals surface area contributed by atoms with Gasteiger partial charge < -0.3 is 10.6 Å². The highest BCUT2D eigenvalue weighted by Gasteiger charge is 2.36. The van der Waals surface area contributed by atoms with Crippen LogP contribution in [0.1, 0.15) is 5.56 Å². The molecule has 3 rings (SSSR count). The second-order valence-corrected chi connectivity index (χ2v) is 8.13. The molecule has 0 bridgehead atoms. The summed E-state index contributed by atoms with van der Waals surface area (Å²) in [7, 11) is -1.02. The number of amides is 2. The van der Waals surface area contributed by atoms with Gasteiger partial charge in [-0.05, 0) is 23.8 Å². The number of carbonyl (C=O) groups is 1. The molecular weight excluding hydrogens is 383 g/mol. The van der Waals surface area contributed by atoms with Crippen LogP contribution in [0.3, 0.4) is 0 Å². The molecule has 1 aliphatic heterocycles. The van der Waals surface area contributed by atoms with Gasteiger partial charge in [-0.3, -0.25) is 8.61 Å². The lowest BCUT2D eigenvalue weighted by Crippen LogP contribution is -2.32. The molecule has 0 saturated heterocycles. The van der Waals surface area contributed by atoms with Crippen LogP contribution in [0.25, 0.3) is 0 Å². The fourth-order valence-electron chi connectivity index (χ4n) is 2.53. The van der Waals surface area contributed by atoms with Gasteiger partial charge in [-0.25, -0.2) is 9.18 Å². The zero-order valence-electron chi connectivity index (χ0n) is 14.0. The van der Waals surface area contributed by atoms with Crippen molar-refractivity contribution in [2.24, 2.45) is 0 Å². The Morgan fingerprint density at radius 1 is 1.12 bits per heavy atom. The van der Waals surface area contributed by atoms with E-state index in [9.17, 15) is 17.6 Å². The minimum atomic E-state index is -3.71. The number of nitrogens with zero attached hydrogens (tertiary/aromatic N) is 2. The first-order valence-corrected chi connectivity index (χ1v) is 9.33. The normalized spacial score (nSPS) is 14.9. The van der Waals surface area contributed by atoms with Crippen molar-refractivity contribution < 1.29 is 17.6 Å². The molecule has 0 radical (unpaired) electrons. The zero-order chi connectivity index (χ0) is 19.1. The summed E-state index contributed by atoms with van der Waals surface area (Å²) in [5.74, 6) is -0.734. The van der Waals surface area contributed by atoms with E-state index < -0.39 is 22.1 Å². The molecule has 0 atom stereocenters. The Labute approximate surface area is 155 Å². The van der Waals surface area contributed by atoms with Crippen LogP contribution >= 0.6 is 11.6 Å². The van der Waals surface area contributed by atoms with Crippen LogP contribution in [0.15, 0.2) is 36.4 Å². The topological polar surface area (TPSA) is 81.8 Å². The van der Waals surface area contributed by atoms with Gasteiger partial charge in [0.05, 0.1) is 17.1 Å². The molecule has 0 aromatic heterocycles. The van der Waals surface area contributed by atoms with Crippen molar-refractivity contribution in [1.29, 1.82) is 0 Å². The quantitative estimate of drug-likeness (QED) is 0.834. The Morgan fingerprint density at radius 2 is 1.69 bits per heavy atom. The van der Waals surface area contributed by atoms with Crippen LogP contribution in [0, 0.1) is 5.82 Å². The lowest BCUT2D eigenvalue weighted by Gasteiger charge is -2.13. The number of urea groups is 1. The van der Waals surface area contributed by atoms with E-state index in [4.69, 9.17) is 11.6 Å². The van der Waals surface area contributed by atoms with E-state index in [0.29, 0.717) is 5.02 Å². The molecule has 26 heavy (non-hydrogen) atoms. The Bertz CT molecular complexity index is 966. The highest BCUT2D eigenvalue weighted by atomic mass is 35.5. The first kappa shape index (κ1) is 18.3. The maximum Gasteiger partial charge on any atom is 0.326 e. The summed E-state index contributed by atoms with van der Waals surface area (Å²) < 4.78 is 40.5. The molecular formula is C16H16ClFN4O3S. The number of hydrogen-bond acceptors (Lipinski definition) is 3. The molecule has 0 aliphatic carbocycles. The Morgan fingerprint density at radius 3 is 2.31 bits per heavy atom. The molecule has 2 amide bonds. The van der Waals surface area contributed by atoms with Crippen molar-refractivity contribution in [2.75, 3.05) is 28.0 Å². The maximum atomic E-state index is 14.3. The third-order valence-electron chi connectivity index (χ3n) is 4.05. The monoisotopic (exact) mass is 398 g/mol. The van der Waals surface area contributed by atoms with Crippen molar-refractivity contribution >= 4 is 44.9 Å². The number of halogens is 2. The first-order valence-electron chi connectivity index (χ1n) is 7.56. The van der Waals surface area contributed by atoms with Gasteiger partial charge in [0.1, 0.15) is 5.82 Å². The predicted octanol–water partition coefficient (Wildman–Crippen LogP) is 2.93. The van der Waals surface area contributed by atoms with Crippen LogP contribution < -0.4 is 19.2 Å². The lowest BCUT2D eigenvalue weighted by molar-refractivity contribution is 0.251. The average molecular weight is 399 g/mol. The number of fused-ring (bicyclic) bond motifs is 1. The van der Waals surface area contributed by atoms with Gasteiger partial charge in [0, 0.05) is 31.7 Å². The lowest BCUT2D eigenvalue weighted by atomic mass is 10.2. The van der Waals surface area contributed by atoms with Crippen LogP contribution in [0.2, 0.25) is 5.02 Å². The van der Waals surface area contributed by atoms with E-state index in [0.717, 1.165) is 20.2 Å². The first-order chi connectivity index (χ1) is 12.2. The number of carbonyl (C=O) groups excluding carboxylic acids is 1. The molecule has 0 saturated carbocycles. The number of hydrogen-bond donors (Lipinski definition) is 2. The summed E-state index contributed by atoms with van der Waals surface area (Å²) in [5, 5.41) is 5.57. The molecule has 7 nitrogen and oxygen atoms in total. The number of benzene rings is 2. The van der Waals surface area contributed by atoms with Crippen LogP contribution in [0.4, 0.5) is 26.2 Å². The maximum absolute atomic E-state index is 14.3. The molecule has 2 aromatic rings. The van der Waals surface area contributed by atoms with Crippen molar-refractivity contribution in [3.63, 3.8) is 0 Å². The number of nitrogens with one attached hydrogen (secondary N) is 2. The molecule has 1 aliphatic rings. The molecule has 10 heteroatoms. The van der Waals surface area contributed by atoms with E-state index in [2.05, 4.69) is 10.6 Å². The van der Waals surface area contributed by atoms with Crippen molar-refractivity contribution in [1.82, 2.24) is 5.32 Å². The van der Waals surface area contributed by atoms with Gasteiger partial charge in [-0.1, -0.05) is 23.7 Å². The van der Waals surface area contributed by atoms with Gasteiger partial charge in [0.25, 0.3) is 0 Å². The summed E-state index contributed by atoms with van der Waals surface area (Å²) in [5.41, 5.74) is 1.19. The van der Waals surface area contributed by atoms with E-state index in [1.165, 1.54) is 20.2 Å². The standard InChI is InChI=1S/C16H16ClFN4O3S/c1-21-14-7-12(18)13(8-15(14)22(2)26(21,24)25)20-16(23)19-9-10-3-5-11(17)6-4-10/h3-8H,9H2,1-2H3,(H2,19,20,23). The van der Waals surface area contributed by atoms with Gasteiger partial charge in [-0.15, -0.1) is 0 Å². The Balaban J connectivity index is 1.74. The van der Waals surface area contributed by atoms with E-state index in [1.54, 1.807) is 24.3 Å². The largest absolute Gasteiger partial charge is 0.334 e. The van der Waals surface area contributed by atoms with Crippen molar-refractivity contribution in [3.8, 4) is 0 Å². The zero-order valence-corrected chi connectivity index (χ0v) is 15.5. The predicted molar refractivity (Wildman–Crippen MR) is 99.4 cm³/mol. The fourth-order valence-corrected chi connectivity index (χ4v) is 3.82. The van der Waals surface area contributed by atoms with Gasteiger partial charge in [0.2, 0.25) is 0 Å². The second kappa shape index (κ2) is 6.65. The molecule has 0 fully saturated rings. The summed E-state index contributed by atoms with van der Waals surface area (Å²) in [6.45, 7) is 0.229. The molecule has 0 unspecified atom stereocenters. The molecule has 1 heterocycles. The average Bonchev–Trinajstić information content (AvgIpc) is 2.76. The molecule has 138 valence electrons. The number of rotatable bonds is 3. The third kappa shape index (κ3) is 3.27. The van der Waals surface area contributed by atoms with Crippen molar-refractivity contribution in [2.45, 2.75) is 6.54 Å². The summed E-state index contributed by atoms with van der Waals surface area (Å²) >= 11 is 5.80. The highest BCUT2D eigenvalue weighted by molar-refractivity contribution is 7.94. The van der Waals surface area contributed by atoms with E-state index in [-0.39, 0.29) is 23.6 Å². The Hall–Kier alpha value is -2.52. The van der Waals surface area contributed by atoms with Crippen LogP contribution in [0.5, 0.6) is 0 Å². The van der Waals surface area contributed by atoms with E-state index >= 15 is 0 Å². The van der Waals surface area contributed by atoms with E-state index in [1.807, 2.05) is 0 Å². The molecule has 2 N–H and O–H groups in total. The second-order valence-electron chi connectivity index (χ2n) is 5.70. The van der Waals surface area contributed by atoms with Crippen LogP contribution in [-0.2, 0) is 16.8 Å². The number of anilines is 3. The summed E-state index contributed by atoms with van der Waals surface area (Å²) in [6, 6.07) is 8.66. The minimum absolute atomic E-state index is 0.116. The van der Waals surface area contributed by atoms with Gasteiger partial charge in [0.15, 0.2) is 0 Å². The third-order valence-corrected chi connectivity index (χ3v) is 6.08. The smallest absolute Gasteiger partial charge is 0.326 e. The Kier molecular flexibility index (Phi) is 4.68. The summed E-state index contributed by atoms with van der Waals surface area (Å²) in [6.07, 6.45) is 0. The summed E-state index contributed by atoms with van der Waals surface area (Å²) in [4.78, 5) is 12.0. The van der Waals surface area contributed by atoms with Gasteiger partial charge in [-0.2, -0.15) is 8.42 Å². The molecule has 2 aromatic carbocycles. The minimum Gasteiger partial charge on any atom is -0.334 e. The SMILES string of the molecule is CN1c2cc(F)c(NC(=O)NCc3ccc(Cl)cc3)cc2N(C)S1(=O)=O. The van der Waals surface area contributed by atoms with Crippen LogP contribution in [-0.4, -0.2) is 28.5 Å². The highest BCUT2D eigenvalue weighted by Crippen LogP contribution is 2.41. The fraction of sp³-hybridized carbons (Fsp3) is 0.188. The van der Waals surface area contributed by atoms with Crippen molar-refractivity contribution in [3.05, 3.63) is 52.8 Å². The molecule has 0 spiro atoms. The van der Waals surface area contributed by atoms with Gasteiger partial charge >= 0.3 is 16.2 Å².